The molecule has 74 valence electrons. The van der Waals surface area contributed by atoms with E-state index in [0.717, 1.165) is 11.9 Å². The van der Waals surface area contributed by atoms with E-state index in [1.54, 1.807) is 0 Å². The Morgan fingerprint density at radius 2 is 2.00 bits per heavy atom. The molecule has 1 nitrogen and oxygen atoms in total. The van der Waals surface area contributed by atoms with E-state index in [9.17, 15) is 0 Å². The van der Waals surface area contributed by atoms with Gasteiger partial charge in [0, 0.05) is 5.33 Å². The van der Waals surface area contributed by atoms with Crippen molar-refractivity contribution in [3.8, 4) is 0 Å². The molecule has 0 aliphatic carbocycles. The summed E-state index contributed by atoms with van der Waals surface area (Å²) in [5, 5.41) is 0.951. The van der Waals surface area contributed by atoms with Crippen LogP contribution < -0.4 is 0 Å². The molecule has 0 aromatic rings. The molecule has 0 saturated heterocycles. The van der Waals surface area contributed by atoms with Gasteiger partial charge in [0.2, 0.25) is 0 Å². The Balaban J connectivity index is 3.02. The van der Waals surface area contributed by atoms with E-state index in [0.29, 0.717) is 6.10 Å². The molecule has 0 amide bonds. The number of hydrogen-bond donors (Lipinski definition) is 0. The van der Waals surface area contributed by atoms with Crippen LogP contribution in [0.25, 0.3) is 0 Å². The van der Waals surface area contributed by atoms with Crippen LogP contribution in [0.1, 0.15) is 46.0 Å². The van der Waals surface area contributed by atoms with Crippen molar-refractivity contribution in [2.75, 3.05) is 11.9 Å². The highest BCUT2D eigenvalue weighted by Crippen LogP contribution is 2.07. The molecule has 0 aromatic heterocycles. The van der Waals surface area contributed by atoms with Crippen LogP contribution in [-0.2, 0) is 4.74 Å². The van der Waals surface area contributed by atoms with E-state index in [1.807, 2.05) is 0 Å². The van der Waals surface area contributed by atoms with E-state index in [1.165, 1.54) is 32.1 Å². The van der Waals surface area contributed by atoms with Crippen LogP contribution in [-0.4, -0.2) is 18.0 Å². The van der Waals surface area contributed by atoms with E-state index >= 15 is 0 Å². The molecule has 12 heavy (non-hydrogen) atoms. The molecule has 0 N–H and O–H groups in total. The third kappa shape index (κ3) is 8.54. The fourth-order valence-electron chi connectivity index (χ4n) is 1.19. The lowest BCUT2D eigenvalue weighted by Crippen LogP contribution is -2.09. The molecule has 0 radical (unpaired) electrons. The van der Waals surface area contributed by atoms with Crippen molar-refractivity contribution in [2.24, 2.45) is 0 Å². The van der Waals surface area contributed by atoms with Gasteiger partial charge >= 0.3 is 0 Å². The summed E-state index contributed by atoms with van der Waals surface area (Å²) in [5.74, 6) is 0. The zero-order chi connectivity index (χ0) is 9.23. The second kappa shape index (κ2) is 9.53. The molecular weight excluding hydrogens is 216 g/mol. The average Bonchev–Trinajstić information content (AvgIpc) is 2.09. The standard InChI is InChI=1S/C10H21BrO/c1-3-4-5-6-7-10(2)12-9-8-11/h10H,3-9H2,1-2H3. The van der Waals surface area contributed by atoms with Crippen LogP contribution in [0.15, 0.2) is 0 Å². The van der Waals surface area contributed by atoms with Gasteiger partial charge < -0.3 is 4.74 Å². The predicted molar refractivity (Wildman–Crippen MR) is 58.0 cm³/mol. The van der Waals surface area contributed by atoms with Crippen LogP contribution in [0.4, 0.5) is 0 Å². The average molecular weight is 237 g/mol. The maximum absolute atomic E-state index is 5.52. The zero-order valence-electron chi connectivity index (χ0n) is 8.31. The largest absolute Gasteiger partial charge is 0.378 e. The van der Waals surface area contributed by atoms with Gasteiger partial charge in [-0.2, -0.15) is 0 Å². The Morgan fingerprint density at radius 3 is 2.58 bits per heavy atom. The van der Waals surface area contributed by atoms with Crippen molar-refractivity contribution in [3.05, 3.63) is 0 Å². The maximum Gasteiger partial charge on any atom is 0.0566 e. The number of ether oxygens (including phenoxy) is 1. The Kier molecular flexibility index (Phi) is 9.88. The molecule has 0 rings (SSSR count). The molecule has 0 spiro atoms. The fraction of sp³-hybridized carbons (Fsp3) is 1.00. The van der Waals surface area contributed by atoms with E-state index in [2.05, 4.69) is 29.8 Å². The lowest BCUT2D eigenvalue weighted by molar-refractivity contribution is 0.0708. The van der Waals surface area contributed by atoms with E-state index < -0.39 is 0 Å². The normalized spacial score (nSPS) is 13.2. The molecule has 1 unspecified atom stereocenters. The maximum atomic E-state index is 5.52. The first-order chi connectivity index (χ1) is 5.81. The van der Waals surface area contributed by atoms with Gasteiger partial charge in [-0.15, -0.1) is 0 Å². The second-order valence-corrected chi connectivity index (χ2v) is 4.01. The minimum atomic E-state index is 0.444. The zero-order valence-corrected chi connectivity index (χ0v) is 9.90. The summed E-state index contributed by atoms with van der Waals surface area (Å²) in [6.45, 7) is 5.24. The quantitative estimate of drug-likeness (QED) is 0.461. The summed E-state index contributed by atoms with van der Waals surface area (Å²) in [6, 6.07) is 0. The monoisotopic (exact) mass is 236 g/mol. The van der Waals surface area contributed by atoms with Crippen LogP contribution in [0.5, 0.6) is 0 Å². The van der Waals surface area contributed by atoms with E-state index in [-0.39, 0.29) is 0 Å². The van der Waals surface area contributed by atoms with Crippen molar-refractivity contribution in [2.45, 2.75) is 52.1 Å². The van der Waals surface area contributed by atoms with Crippen molar-refractivity contribution in [1.29, 1.82) is 0 Å². The van der Waals surface area contributed by atoms with Gasteiger partial charge in [0.05, 0.1) is 12.7 Å². The Hall–Kier alpha value is 0.440. The van der Waals surface area contributed by atoms with Gasteiger partial charge in [-0.05, 0) is 13.3 Å². The predicted octanol–water partition coefficient (Wildman–Crippen LogP) is 3.76. The first-order valence-corrected chi connectivity index (χ1v) is 6.11. The van der Waals surface area contributed by atoms with Gasteiger partial charge in [0.25, 0.3) is 0 Å². The van der Waals surface area contributed by atoms with Crippen molar-refractivity contribution < 1.29 is 4.74 Å². The number of unbranched alkanes of at least 4 members (excludes halogenated alkanes) is 3. The van der Waals surface area contributed by atoms with Crippen LogP contribution >= 0.6 is 15.9 Å². The highest BCUT2D eigenvalue weighted by molar-refractivity contribution is 9.09. The van der Waals surface area contributed by atoms with Crippen LogP contribution in [0, 0.1) is 0 Å². The molecule has 0 bridgehead atoms. The highest BCUT2D eigenvalue weighted by atomic mass is 79.9. The Morgan fingerprint density at radius 1 is 1.25 bits per heavy atom. The summed E-state index contributed by atoms with van der Waals surface area (Å²) >= 11 is 3.35. The van der Waals surface area contributed by atoms with Gasteiger partial charge in [0.15, 0.2) is 0 Å². The number of halogens is 1. The van der Waals surface area contributed by atoms with Gasteiger partial charge in [-0.1, -0.05) is 48.5 Å². The number of rotatable bonds is 8. The van der Waals surface area contributed by atoms with Crippen LogP contribution in [0.2, 0.25) is 0 Å². The van der Waals surface area contributed by atoms with Crippen LogP contribution in [0.3, 0.4) is 0 Å². The molecule has 0 aliphatic heterocycles. The summed E-state index contributed by atoms with van der Waals surface area (Å²) in [7, 11) is 0. The minimum Gasteiger partial charge on any atom is -0.378 e. The highest BCUT2D eigenvalue weighted by Gasteiger charge is 2.00. The summed E-state index contributed by atoms with van der Waals surface area (Å²) in [4.78, 5) is 0. The van der Waals surface area contributed by atoms with Gasteiger partial charge in [-0.3, -0.25) is 0 Å². The molecule has 0 aromatic carbocycles. The first-order valence-electron chi connectivity index (χ1n) is 4.98. The van der Waals surface area contributed by atoms with Gasteiger partial charge in [-0.25, -0.2) is 0 Å². The molecule has 0 heterocycles. The molecule has 0 fully saturated rings. The molecule has 1 atom stereocenters. The fourth-order valence-corrected chi connectivity index (χ4v) is 1.37. The second-order valence-electron chi connectivity index (χ2n) is 3.22. The number of hydrogen-bond acceptors (Lipinski definition) is 1. The topological polar surface area (TPSA) is 9.23 Å². The first kappa shape index (κ1) is 12.4. The summed E-state index contributed by atoms with van der Waals surface area (Å²) < 4.78 is 5.52. The van der Waals surface area contributed by atoms with Gasteiger partial charge in [0.1, 0.15) is 0 Å². The SMILES string of the molecule is CCCCCCC(C)OCCBr. The molecule has 0 aliphatic rings. The van der Waals surface area contributed by atoms with E-state index in [4.69, 9.17) is 4.74 Å². The third-order valence-electron chi connectivity index (χ3n) is 1.94. The smallest absolute Gasteiger partial charge is 0.0566 e. The summed E-state index contributed by atoms with van der Waals surface area (Å²) in [6.07, 6.45) is 7.02. The minimum absolute atomic E-state index is 0.444. The lowest BCUT2D eigenvalue weighted by atomic mass is 10.1. The molecule has 2 heteroatoms. The summed E-state index contributed by atoms with van der Waals surface area (Å²) in [5.41, 5.74) is 0. The van der Waals surface area contributed by atoms with Crippen molar-refractivity contribution >= 4 is 15.9 Å². The third-order valence-corrected chi connectivity index (χ3v) is 2.27. The van der Waals surface area contributed by atoms with Crippen molar-refractivity contribution in [1.82, 2.24) is 0 Å². The number of alkyl halides is 1. The Bertz CT molecular complexity index is 85.9. The molecular formula is C10H21BrO. The lowest BCUT2D eigenvalue weighted by Gasteiger charge is -2.11. The Labute approximate surface area is 85.0 Å². The van der Waals surface area contributed by atoms with Crippen molar-refractivity contribution in [3.63, 3.8) is 0 Å². The molecule has 0 saturated carbocycles.